The molecule has 0 unspecified atom stereocenters. The zero-order valence-electron chi connectivity index (χ0n) is 10.4. The maximum atomic E-state index is 13.8. The summed E-state index contributed by atoms with van der Waals surface area (Å²) in [6.07, 6.45) is 1.00. The van der Waals surface area contributed by atoms with Gasteiger partial charge >= 0.3 is 0 Å². The second-order valence-corrected chi connectivity index (χ2v) is 5.76. The average molecular weight is 299 g/mol. The van der Waals surface area contributed by atoms with Crippen LogP contribution in [-0.2, 0) is 10.0 Å². The molecule has 0 saturated carbocycles. The molecule has 0 fully saturated rings. The molecule has 2 aromatic rings. The molecule has 0 aliphatic rings. The van der Waals surface area contributed by atoms with E-state index in [4.69, 9.17) is 5.73 Å². The van der Waals surface area contributed by atoms with Crippen LogP contribution in [0, 0.1) is 18.6 Å². The third kappa shape index (κ3) is 2.69. The van der Waals surface area contributed by atoms with Crippen molar-refractivity contribution in [3.63, 3.8) is 0 Å². The highest BCUT2D eigenvalue weighted by Gasteiger charge is 2.20. The third-order valence-corrected chi connectivity index (χ3v) is 3.93. The molecule has 0 aliphatic heterocycles. The Bertz CT molecular complexity index is 746. The van der Waals surface area contributed by atoms with Crippen molar-refractivity contribution < 1.29 is 17.2 Å². The summed E-state index contributed by atoms with van der Waals surface area (Å²) >= 11 is 0. The normalized spacial score (nSPS) is 11.3. The van der Waals surface area contributed by atoms with Crippen LogP contribution in [0.15, 0.2) is 35.4 Å². The van der Waals surface area contributed by atoms with Gasteiger partial charge in [-0.25, -0.2) is 22.2 Å². The first-order valence-electron chi connectivity index (χ1n) is 5.50. The Balaban J connectivity index is 2.43. The van der Waals surface area contributed by atoms with E-state index in [0.29, 0.717) is 0 Å². The minimum Gasteiger partial charge on any atom is -0.384 e. The maximum absolute atomic E-state index is 13.8. The Morgan fingerprint density at radius 3 is 2.50 bits per heavy atom. The van der Waals surface area contributed by atoms with E-state index in [1.165, 1.54) is 25.1 Å². The van der Waals surface area contributed by atoms with Gasteiger partial charge in [-0.1, -0.05) is 6.07 Å². The molecule has 0 bridgehead atoms. The van der Waals surface area contributed by atoms with E-state index >= 15 is 0 Å². The Labute approximate surface area is 114 Å². The number of rotatable bonds is 3. The minimum absolute atomic E-state index is 0.125. The van der Waals surface area contributed by atoms with Gasteiger partial charge in [0.25, 0.3) is 10.0 Å². The number of halogens is 2. The minimum atomic E-state index is -4.14. The van der Waals surface area contributed by atoms with Crippen LogP contribution in [0.25, 0.3) is 0 Å². The molecule has 20 heavy (non-hydrogen) atoms. The summed E-state index contributed by atoms with van der Waals surface area (Å²) in [5.41, 5.74) is 4.75. The zero-order chi connectivity index (χ0) is 14.9. The van der Waals surface area contributed by atoms with Gasteiger partial charge in [-0.15, -0.1) is 0 Å². The molecule has 5 nitrogen and oxygen atoms in total. The van der Waals surface area contributed by atoms with Crippen molar-refractivity contribution in [2.24, 2.45) is 0 Å². The van der Waals surface area contributed by atoms with Crippen molar-refractivity contribution in [2.75, 3.05) is 10.5 Å². The number of hydrogen-bond donors (Lipinski definition) is 2. The first-order chi connectivity index (χ1) is 9.31. The highest BCUT2D eigenvalue weighted by Crippen LogP contribution is 2.24. The maximum Gasteiger partial charge on any atom is 0.263 e. The summed E-state index contributed by atoms with van der Waals surface area (Å²) < 4.78 is 53.2. The summed E-state index contributed by atoms with van der Waals surface area (Å²) in [4.78, 5) is 3.38. The zero-order valence-corrected chi connectivity index (χ0v) is 11.2. The lowest BCUT2D eigenvalue weighted by Crippen LogP contribution is -2.16. The number of nitrogens with two attached hydrogens (primary N) is 1. The molecule has 106 valence electrons. The number of aromatic nitrogens is 1. The highest BCUT2D eigenvalue weighted by molar-refractivity contribution is 7.92. The smallest absolute Gasteiger partial charge is 0.263 e. The molecule has 3 N–H and O–H groups in total. The lowest BCUT2D eigenvalue weighted by atomic mass is 10.2. The predicted octanol–water partition coefficient (Wildman–Crippen LogP) is 2.05. The number of benzene rings is 1. The van der Waals surface area contributed by atoms with E-state index in [9.17, 15) is 17.2 Å². The van der Waals surface area contributed by atoms with Crippen LogP contribution in [0.2, 0.25) is 0 Å². The molecular formula is C12H11F2N3O2S. The Morgan fingerprint density at radius 2 is 1.90 bits per heavy atom. The average Bonchev–Trinajstić information content (AvgIpc) is 2.40. The number of nitrogens with zero attached hydrogens (tertiary/aromatic N) is 1. The van der Waals surface area contributed by atoms with Gasteiger partial charge < -0.3 is 5.73 Å². The monoisotopic (exact) mass is 299 g/mol. The molecule has 1 heterocycles. The topological polar surface area (TPSA) is 85.1 Å². The number of pyridine rings is 1. The fourth-order valence-corrected chi connectivity index (χ4v) is 2.51. The summed E-state index contributed by atoms with van der Waals surface area (Å²) in [7, 11) is -4.14. The molecule has 2 rings (SSSR count). The van der Waals surface area contributed by atoms with Crippen LogP contribution < -0.4 is 10.5 Å². The molecule has 1 aromatic carbocycles. The fraction of sp³-hybridized carbons (Fsp3) is 0.0833. The lowest BCUT2D eigenvalue weighted by molar-refractivity contribution is 0.578. The molecule has 0 aliphatic carbocycles. The summed E-state index contributed by atoms with van der Waals surface area (Å²) in [6.45, 7) is 1.40. The summed E-state index contributed by atoms with van der Waals surface area (Å²) in [5, 5.41) is 0. The second kappa shape index (κ2) is 5.04. The number of aryl methyl sites for hydroxylation is 1. The lowest BCUT2D eigenvalue weighted by Gasteiger charge is -2.11. The van der Waals surface area contributed by atoms with Crippen molar-refractivity contribution in [1.29, 1.82) is 0 Å². The second-order valence-electron chi connectivity index (χ2n) is 4.08. The van der Waals surface area contributed by atoms with Crippen LogP contribution in [0.4, 0.5) is 20.3 Å². The largest absolute Gasteiger partial charge is 0.384 e. The van der Waals surface area contributed by atoms with E-state index in [1.54, 1.807) is 0 Å². The van der Waals surface area contributed by atoms with Crippen LogP contribution in [-0.4, -0.2) is 13.4 Å². The number of nitrogen functional groups attached to an aromatic ring is 1. The van der Waals surface area contributed by atoms with Gasteiger partial charge in [0.15, 0.2) is 5.82 Å². The Hall–Kier alpha value is -2.22. The van der Waals surface area contributed by atoms with Gasteiger partial charge in [0, 0.05) is 6.20 Å². The molecule has 0 saturated heterocycles. The van der Waals surface area contributed by atoms with E-state index in [-0.39, 0.29) is 16.3 Å². The van der Waals surface area contributed by atoms with Crippen LogP contribution in [0.3, 0.4) is 0 Å². The van der Waals surface area contributed by atoms with E-state index in [2.05, 4.69) is 4.98 Å². The highest BCUT2D eigenvalue weighted by atomic mass is 32.2. The first kappa shape index (κ1) is 14.2. The summed E-state index contributed by atoms with van der Waals surface area (Å²) in [5.74, 6) is -1.83. The van der Waals surface area contributed by atoms with Crippen LogP contribution >= 0.6 is 0 Å². The van der Waals surface area contributed by atoms with Crippen molar-refractivity contribution in [3.05, 3.63) is 47.7 Å². The standard InChI is InChI=1S/C12H11F2N3O2S/c1-7-2-4-9(13)12(11(7)14)17-20(18,19)8-3-5-10(15)16-6-8/h2-6,17H,1H3,(H2,15,16). The van der Waals surface area contributed by atoms with Crippen molar-refractivity contribution in [1.82, 2.24) is 4.98 Å². The van der Waals surface area contributed by atoms with E-state index in [0.717, 1.165) is 12.3 Å². The molecule has 0 spiro atoms. The molecular weight excluding hydrogens is 288 g/mol. The number of hydrogen-bond acceptors (Lipinski definition) is 4. The third-order valence-electron chi connectivity index (χ3n) is 2.59. The summed E-state index contributed by atoms with van der Waals surface area (Å²) in [6, 6.07) is 4.67. The van der Waals surface area contributed by atoms with E-state index < -0.39 is 27.3 Å². The van der Waals surface area contributed by atoms with Gasteiger partial charge in [0.1, 0.15) is 22.2 Å². The number of anilines is 2. The van der Waals surface area contributed by atoms with Crippen LogP contribution in [0.1, 0.15) is 5.56 Å². The van der Waals surface area contributed by atoms with Crippen molar-refractivity contribution in [2.45, 2.75) is 11.8 Å². The Kier molecular flexibility index (Phi) is 3.58. The predicted molar refractivity (Wildman–Crippen MR) is 70.6 cm³/mol. The first-order valence-corrected chi connectivity index (χ1v) is 6.98. The quantitative estimate of drug-likeness (QED) is 0.908. The molecule has 0 atom stereocenters. The van der Waals surface area contributed by atoms with Gasteiger partial charge in [-0.2, -0.15) is 0 Å². The van der Waals surface area contributed by atoms with Gasteiger partial charge in [-0.3, -0.25) is 4.72 Å². The van der Waals surface area contributed by atoms with Crippen molar-refractivity contribution in [3.8, 4) is 0 Å². The molecule has 8 heteroatoms. The molecule has 0 amide bonds. The van der Waals surface area contributed by atoms with Crippen LogP contribution in [0.5, 0.6) is 0 Å². The molecule has 1 aromatic heterocycles. The Morgan fingerprint density at radius 1 is 1.20 bits per heavy atom. The molecule has 0 radical (unpaired) electrons. The fourth-order valence-electron chi connectivity index (χ4n) is 1.49. The van der Waals surface area contributed by atoms with Gasteiger partial charge in [-0.05, 0) is 30.7 Å². The number of sulfonamides is 1. The van der Waals surface area contributed by atoms with E-state index in [1.807, 2.05) is 4.72 Å². The van der Waals surface area contributed by atoms with Gasteiger partial charge in [0.2, 0.25) is 0 Å². The number of nitrogens with one attached hydrogen (secondary N) is 1. The van der Waals surface area contributed by atoms with Crippen molar-refractivity contribution >= 4 is 21.5 Å². The van der Waals surface area contributed by atoms with Gasteiger partial charge in [0.05, 0.1) is 0 Å². The SMILES string of the molecule is Cc1ccc(F)c(NS(=O)(=O)c2ccc(N)nc2)c1F.